The van der Waals surface area contributed by atoms with E-state index >= 15 is 0 Å². The van der Waals surface area contributed by atoms with Crippen LogP contribution in [0.5, 0.6) is 0 Å². The largest absolute Gasteiger partial charge is 0.329 e. The van der Waals surface area contributed by atoms with Crippen LogP contribution < -0.4 is 5.73 Å². The third kappa shape index (κ3) is 2.26. The molecule has 18 heavy (non-hydrogen) atoms. The lowest BCUT2D eigenvalue weighted by molar-refractivity contribution is 0.505. The van der Waals surface area contributed by atoms with Crippen LogP contribution in [0.1, 0.15) is 22.9 Å². The molecule has 2 N–H and O–H groups in total. The third-order valence-electron chi connectivity index (χ3n) is 2.98. The fraction of sp³-hybridized carbons (Fsp3) is 0.308. The number of halogens is 2. The topological polar surface area (TPSA) is 43.8 Å². The molecule has 1 aromatic heterocycles. The highest BCUT2D eigenvalue weighted by Crippen LogP contribution is 2.25. The van der Waals surface area contributed by atoms with Crippen molar-refractivity contribution >= 4 is 0 Å². The lowest BCUT2D eigenvalue weighted by atomic mass is 9.95. The van der Waals surface area contributed by atoms with E-state index in [2.05, 4.69) is 5.10 Å². The summed E-state index contributed by atoms with van der Waals surface area (Å²) in [5, 5.41) is 4.24. The Morgan fingerprint density at radius 1 is 1.28 bits per heavy atom. The predicted molar refractivity (Wildman–Crippen MR) is 65.2 cm³/mol. The Bertz CT molecular complexity index is 563. The van der Waals surface area contributed by atoms with Gasteiger partial charge >= 0.3 is 0 Å². The molecule has 96 valence electrons. The SMILES string of the molecule is Cc1cc(C(CN)c2ccc(F)c(F)c2)n(C)n1. The monoisotopic (exact) mass is 251 g/mol. The summed E-state index contributed by atoms with van der Waals surface area (Å²) in [7, 11) is 1.81. The molecule has 0 aliphatic heterocycles. The lowest BCUT2D eigenvalue weighted by Gasteiger charge is -2.15. The molecule has 2 aromatic rings. The molecule has 0 amide bonds. The van der Waals surface area contributed by atoms with E-state index in [1.165, 1.54) is 6.07 Å². The summed E-state index contributed by atoms with van der Waals surface area (Å²) in [5.41, 5.74) is 8.16. The second-order valence-electron chi connectivity index (χ2n) is 4.30. The van der Waals surface area contributed by atoms with Crippen LogP contribution in [0.15, 0.2) is 24.3 Å². The van der Waals surface area contributed by atoms with Gasteiger partial charge in [0.25, 0.3) is 0 Å². The first-order chi connectivity index (χ1) is 8.52. The van der Waals surface area contributed by atoms with Crippen molar-refractivity contribution in [2.75, 3.05) is 6.54 Å². The molecule has 0 bridgehead atoms. The van der Waals surface area contributed by atoms with Crippen LogP contribution in [0.25, 0.3) is 0 Å². The van der Waals surface area contributed by atoms with Crippen molar-refractivity contribution in [3.8, 4) is 0 Å². The number of rotatable bonds is 3. The molecule has 1 atom stereocenters. The number of hydrogen-bond donors (Lipinski definition) is 1. The van der Waals surface area contributed by atoms with Crippen LogP contribution in [0.4, 0.5) is 8.78 Å². The fourth-order valence-corrected chi connectivity index (χ4v) is 2.11. The van der Waals surface area contributed by atoms with Gasteiger partial charge in [0.1, 0.15) is 0 Å². The van der Waals surface area contributed by atoms with Crippen molar-refractivity contribution in [2.24, 2.45) is 12.8 Å². The Kier molecular flexibility index (Phi) is 3.43. The minimum atomic E-state index is -0.857. The van der Waals surface area contributed by atoms with E-state index < -0.39 is 11.6 Å². The van der Waals surface area contributed by atoms with Gasteiger partial charge in [0.15, 0.2) is 11.6 Å². The van der Waals surface area contributed by atoms with Gasteiger partial charge in [-0.2, -0.15) is 5.10 Å². The molecule has 0 radical (unpaired) electrons. The molecule has 3 nitrogen and oxygen atoms in total. The molecule has 1 unspecified atom stereocenters. The lowest BCUT2D eigenvalue weighted by Crippen LogP contribution is -2.17. The summed E-state index contributed by atoms with van der Waals surface area (Å²) >= 11 is 0. The maximum absolute atomic E-state index is 13.3. The summed E-state index contributed by atoms with van der Waals surface area (Å²) in [6.07, 6.45) is 0. The van der Waals surface area contributed by atoms with Gasteiger partial charge in [0, 0.05) is 25.2 Å². The third-order valence-corrected chi connectivity index (χ3v) is 2.98. The number of aromatic nitrogens is 2. The number of aryl methyl sites for hydroxylation is 2. The van der Waals surface area contributed by atoms with E-state index in [0.29, 0.717) is 12.1 Å². The molecular formula is C13H15F2N3. The average Bonchev–Trinajstić information content (AvgIpc) is 2.64. The Labute approximate surface area is 104 Å². The zero-order valence-corrected chi connectivity index (χ0v) is 10.3. The van der Waals surface area contributed by atoms with Crippen molar-refractivity contribution in [3.05, 3.63) is 52.9 Å². The van der Waals surface area contributed by atoms with E-state index in [4.69, 9.17) is 5.73 Å². The second-order valence-corrected chi connectivity index (χ2v) is 4.30. The number of hydrogen-bond acceptors (Lipinski definition) is 2. The molecule has 0 saturated carbocycles. The molecule has 0 saturated heterocycles. The van der Waals surface area contributed by atoms with Gasteiger partial charge < -0.3 is 5.73 Å². The van der Waals surface area contributed by atoms with Gasteiger partial charge in [0.05, 0.1) is 5.69 Å². The summed E-state index contributed by atoms with van der Waals surface area (Å²) in [6.45, 7) is 2.19. The number of benzene rings is 1. The van der Waals surface area contributed by atoms with E-state index in [-0.39, 0.29) is 5.92 Å². The van der Waals surface area contributed by atoms with Crippen molar-refractivity contribution in [1.82, 2.24) is 9.78 Å². The van der Waals surface area contributed by atoms with E-state index in [1.54, 1.807) is 10.7 Å². The summed E-state index contributed by atoms with van der Waals surface area (Å²) in [4.78, 5) is 0. The first-order valence-corrected chi connectivity index (χ1v) is 5.68. The highest BCUT2D eigenvalue weighted by molar-refractivity contribution is 5.31. The highest BCUT2D eigenvalue weighted by atomic mass is 19.2. The molecule has 0 aliphatic carbocycles. The summed E-state index contributed by atoms with van der Waals surface area (Å²) in [6, 6.07) is 5.77. The van der Waals surface area contributed by atoms with Crippen molar-refractivity contribution < 1.29 is 8.78 Å². The molecule has 2 rings (SSSR count). The summed E-state index contributed by atoms with van der Waals surface area (Å²) < 4.78 is 27.9. The Hall–Kier alpha value is -1.75. The smallest absolute Gasteiger partial charge is 0.159 e. The van der Waals surface area contributed by atoms with Gasteiger partial charge in [0.2, 0.25) is 0 Å². The molecule has 0 fully saturated rings. The quantitative estimate of drug-likeness (QED) is 0.907. The zero-order chi connectivity index (χ0) is 13.3. The maximum atomic E-state index is 13.3. The van der Waals surface area contributed by atoms with E-state index in [9.17, 15) is 8.78 Å². The van der Waals surface area contributed by atoms with E-state index in [1.807, 2.05) is 20.0 Å². The van der Waals surface area contributed by atoms with Crippen LogP contribution in [0, 0.1) is 18.6 Å². The average molecular weight is 251 g/mol. The molecular weight excluding hydrogens is 236 g/mol. The number of nitrogens with zero attached hydrogens (tertiary/aromatic N) is 2. The van der Waals surface area contributed by atoms with Gasteiger partial charge in [-0.1, -0.05) is 6.07 Å². The van der Waals surface area contributed by atoms with Gasteiger partial charge in [-0.05, 0) is 30.7 Å². The first kappa shape index (κ1) is 12.7. The molecule has 0 aliphatic rings. The van der Waals surface area contributed by atoms with E-state index in [0.717, 1.165) is 17.5 Å². The predicted octanol–water partition coefficient (Wildman–Crippen LogP) is 2.10. The first-order valence-electron chi connectivity index (χ1n) is 5.68. The van der Waals surface area contributed by atoms with Crippen LogP contribution >= 0.6 is 0 Å². The molecule has 1 heterocycles. The minimum absolute atomic E-state index is 0.189. The Morgan fingerprint density at radius 3 is 2.50 bits per heavy atom. The van der Waals surface area contributed by atoms with Gasteiger partial charge in [-0.3, -0.25) is 4.68 Å². The fourth-order valence-electron chi connectivity index (χ4n) is 2.11. The maximum Gasteiger partial charge on any atom is 0.159 e. The minimum Gasteiger partial charge on any atom is -0.329 e. The molecule has 1 aromatic carbocycles. The van der Waals surface area contributed by atoms with Crippen LogP contribution in [-0.2, 0) is 7.05 Å². The normalized spacial score (nSPS) is 12.7. The zero-order valence-electron chi connectivity index (χ0n) is 10.3. The Morgan fingerprint density at radius 2 is 2.00 bits per heavy atom. The number of nitrogens with two attached hydrogens (primary N) is 1. The van der Waals surface area contributed by atoms with Crippen molar-refractivity contribution in [3.63, 3.8) is 0 Å². The highest BCUT2D eigenvalue weighted by Gasteiger charge is 2.18. The van der Waals surface area contributed by atoms with Crippen molar-refractivity contribution in [2.45, 2.75) is 12.8 Å². The van der Waals surface area contributed by atoms with Gasteiger partial charge in [-0.25, -0.2) is 8.78 Å². The van der Waals surface area contributed by atoms with Crippen LogP contribution in [0.3, 0.4) is 0 Å². The van der Waals surface area contributed by atoms with Crippen LogP contribution in [0.2, 0.25) is 0 Å². The summed E-state index contributed by atoms with van der Waals surface area (Å²) in [5.74, 6) is -1.90. The van der Waals surface area contributed by atoms with Crippen molar-refractivity contribution in [1.29, 1.82) is 0 Å². The molecule has 5 heteroatoms. The second kappa shape index (κ2) is 4.86. The van der Waals surface area contributed by atoms with Crippen LogP contribution in [-0.4, -0.2) is 16.3 Å². The molecule has 0 spiro atoms. The Balaban J connectivity index is 2.45. The standard InChI is InChI=1S/C13H15F2N3/c1-8-5-13(18(2)17-8)10(7-16)9-3-4-11(14)12(15)6-9/h3-6,10H,7,16H2,1-2H3. The van der Waals surface area contributed by atoms with Gasteiger partial charge in [-0.15, -0.1) is 0 Å².